The fourth-order valence-electron chi connectivity index (χ4n) is 3.42. The number of ether oxygens (including phenoxy) is 2. The number of rotatable bonds is 5. The molecule has 2 aliphatic heterocycles. The number of hydrogen-bond donors (Lipinski definition) is 0. The lowest BCUT2D eigenvalue weighted by Gasteiger charge is -2.23. The third kappa shape index (κ3) is 3.43. The molecule has 0 spiro atoms. The van der Waals surface area contributed by atoms with E-state index in [2.05, 4.69) is 9.55 Å². The van der Waals surface area contributed by atoms with Crippen LogP contribution in [0.3, 0.4) is 0 Å². The molecule has 1 unspecified atom stereocenters. The fourth-order valence-corrected chi connectivity index (χ4v) is 3.42. The number of aryl methyl sites for hydroxylation is 1. The van der Waals surface area contributed by atoms with Gasteiger partial charge < -0.3 is 18.9 Å². The minimum Gasteiger partial charge on any atom is -0.381 e. The van der Waals surface area contributed by atoms with Gasteiger partial charge in [0.05, 0.1) is 43.4 Å². The Morgan fingerprint density at radius 2 is 2.26 bits per heavy atom. The van der Waals surface area contributed by atoms with Crippen LogP contribution in [-0.4, -0.2) is 46.7 Å². The summed E-state index contributed by atoms with van der Waals surface area (Å²) in [6.07, 6.45) is 6.33. The molecule has 2 fully saturated rings. The summed E-state index contributed by atoms with van der Waals surface area (Å²) < 4.78 is 13.4. The Bertz CT molecular complexity index is 561. The molecule has 1 aliphatic carbocycles. The molecule has 3 heterocycles. The maximum Gasteiger partial charge on any atom is 0.228 e. The lowest BCUT2D eigenvalue weighted by molar-refractivity contribution is -0.136. The predicted octanol–water partition coefficient (Wildman–Crippen LogP) is 1.58. The molecule has 1 amide bonds. The number of nitrogens with zero attached hydrogens (tertiary/aromatic N) is 3. The van der Waals surface area contributed by atoms with Gasteiger partial charge >= 0.3 is 0 Å². The van der Waals surface area contributed by atoms with Crippen molar-refractivity contribution in [1.29, 1.82) is 0 Å². The van der Waals surface area contributed by atoms with Crippen LogP contribution in [0.25, 0.3) is 0 Å². The van der Waals surface area contributed by atoms with Crippen molar-refractivity contribution in [3.63, 3.8) is 0 Å². The molecule has 126 valence electrons. The summed E-state index contributed by atoms with van der Waals surface area (Å²) in [6, 6.07) is 0. The summed E-state index contributed by atoms with van der Waals surface area (Å²) in [5, 5.41) is 0. The molecule has 1 aromatic rings. The Balaban J connectivity index is 1.43. The quantitative estimate of drug-likeness (QED) is 0.827. The molecule has 23 heavy (non-hydrogen) atoms. The van der Waals surface area contributed by atoms with E-state index >= 15 is 0 Å². The van der Waals surface area contributed by atoms with Gasteiger partial charge in [-0.25, -0.2) is 4.98 Å². The molecule has 1 saturated heterocycles. The van der Waals surface area contributed by atoms with Crippen molar-refractivity contribution in [2.24, 2.45) is 11.8 Å². The van der Waals surface area contributed by atoms with Gasteiger partial charge in [0, 0.05) is 26.3 Å². The maximum atomic E-state index is 12.7. The van der Waals surface area contributed by atoms with Gasteiger partial charge in [0.15, 0.2) is 0 Å². The zero-order valence-corrected chi connectivity index (χ0v) is 13.6. The Hall–Kier alpha value is -1.40. The number of carbonyl (C=O) groups is 1. The van der Waals surface area contributed by atoms with Gasteiger partial charge in [-0.2, -0.15) is 0 Å². The zero-order valence-electron chi connectivity index (χ0n) is 13.6. The van der Waals surface area contributed by atoms with E-state index in [0.717, 1.165) is 49.8 Å². The van der Waals surface area contributed by atoms with E-state index < -0.39 is 0 Å². The van der Waals surface area contributed by atoms with E-state index in [-0.39, 0.29) is 11.8 Å². The number of aromatic nitrogens is 2. The van der Waals surface area contributed by atoms with Crippen LogP contribution in [-0.2, 0) is 34.0 Å². The summed E-state index contributed by atoms with van der Waals surface area (Å²) in [7, 11) is 0. The smallest absolute Gasteiger partial charge is 0.228 e. The minimum atomic E-state index is 0.0408. The first-order chi connectivity index (χ1) is 11.3. The van der Waals surface area contributed by atoms with Gasteiger partial charge in [0.1, 0.15) is 0 Å². The summed E-state index contributed by atoms with van der Waals surface area (Å²) in [5.41, 5.74) is 2.14. The molecule has 1 atom stereocenters. The Labute approximate surface area is 136 Å². The van der Waals surface area contributed by atoms with Gasteiger partial charge in [-0.15, -0.1) is 0 Å². The summed E-state index contributed by atoms with van der Waals surface area (Å²) in [5.74, 6) is 1.04. The number of carbonyl (C=O) groups excluding carboxylic acids is 1. The molecule has 4 rings (SSSR count). The number of fused-ring (bicyclic) bond motifs is 1. The number of amides is 1. The Kier molecular flexibility index (Phi) is 4.35. The molecule has 0 N–H and O–H groups in total. The molecule has 0 bridgehead atoms. The highest BCUT2D eigenvalue weighted by atomic mass is 16.5. The lowest BCUT2D eigenvalue weighted by atomic mass is 10.1. The van der Waals surface area contributed by atoms with Crippen LogP contribution in [0, 0.1) is 11.8 Å². The molecular formula is C17H25N3O3. The van der Waals surface area contributed by atoms with Crippen molar-refractivity contribution in [1.82, 2.24) is 14.5 Å². The summed E-state index contributed by atoms with van der Waals surface area (Å²) in [6.45, 7) is 5.09. The van der Waals surface area contributed by atoms with Crippen molar-refractivity contribution < 1.29 is 14.3 Å². The highest BCUT2D eigenvalue weighted by Gasteiger charge is 2.30. The SMILES string of the molecule is O=C(C1CCOC1)N1CCCn2cnc(COCC3CC3)c2C1. The largest absolute Gasteiger partial charge is 0.381 e. The Morgan fingerprint density at radius 1 is 1.35 bits per heavy atom. The first kappa shape index (κ1) is 15.1. The van der Waals surface area contributed by atoms with Gasteiger partial charge in [0.25, 0.3) is 0 Å². The second kappa shape index (κ2) is 6.61. The zero-order chi connectivity index (χ0) is 15.6. The van der Waals surface area contributed by atoms with Crippen LogP contribution in [0.5, 0.6) is 0 Å². The first-order valence-corrected chi connectivity index (χ1v) is 8.78. The highest BCUT2D eigenvalue weighted by molar-refractivity contribution is 5.79. The van der Waals surface area contributed by atoms with Crippen LogP contribution in [0.1, 0.15) is 37.1 Å². The Morgan fingerprint density at radius 3 is 3.04 bits per heavy atom. The van der Waals surface area contributed by atoms with Crippen LogP contribution in [0.4, 0.5) is 0 Å². The molecule has 6 heteroatoms. The minimum absolute atomic E-state index is 0.0408. The number of hydrogen-bond acceptors (Lipinski definition) is 4. The van der Waals surface area contributed by atoms with Crippen molar-refractivity contribution >= 4 is 5.91 Å². The monoisotopic (exact) mass is 319 g/mol. The molecule has 0 radical (unpaired) electrons. The van der Waals surface area contributed by atoms with E-state index in [1.165, 1.54) is 12.8 Å². The second-order valence-electron chi connectivity index (χ2n) is 6.96. The average Bonchev–Trinajstić information content (AvgIpc) is 3.14. The van der Waals surface area contributed by atoms with E-state index in [0.29, 0.717) is 26.4 Å². The number of imidazole rings is 1. The normalized spacial score (nSPS) is 24.5. The van der Waals surface area contributed by atoms with Gasteiger partial charge in [-0.1, -0.05) is 0 Å². The molecule has 1 saturated carbocycles. The van der Waals surface area contributed by atoms with Crippen molar-refractivity contribution in [2.45, 2.75) is 45.4 Å². The second-order valence-corrected chi connectivity index (χ2v) is 6.96. The molecule has 0 aromatic carbocycles. The van der Waals surface area contributed by atoms with Crippen molar-refractivity contribution in [3.05, 3.63) is 17.7 Å². The highest BCUT2D eigenvalue weighted by Crippen LogP contribution is 2.29. The van der Waals surface area contributed by atoms with E-state index in [1.54, 1.807) is 0 Å². The third-order valence-corrected chi connectivity index (χ3v) is 5.08. The van der Waals surface area contributed by atoms with E-state index in [1.807, 2.05) is 11.2 Å². The average molecular weight is 319 g/mol. The topological polar surface area (TPSA) is 56.6 Å². The van der Waals surface area contributed by atoms with Crippen LogP contribution in [0.15, 0.2) is 6.33 Å². The molecule has 6 nitrogen and oxygen atoms in total. The van der Waals surface area contributed by atoms with Crippen LogP contribution in [0.2, 0.25) is 0 Å². The van der Waals surface area contributed by atoms with Gasteiger partial charge in [-0.05, 0) is 31.6 Å². The predicted molar refractivity (Wildman–Crippen MR) is 83.6 cm³/mol. The van der Waals surface area contributed by atoms with Gasteiger partial charge in [0.2, 0.25) is 5.91 Å². The summed E-state index contributed by atoms with van der Waals surface area (Å²) >= 11 is 0. The maximum absolute atomic E-state index is 12.7. The third-order valence-electron chi connectivity index (χ3n) is 5.08. The van der Waals surface area contributed by atoms with Crippen LogP contribution >= 0.6 is 0 Å². The standard InChI is InChI=1S/C17H25N3O3/c21-17(14-4-7-22-10-14)19-5-1-6-20-12-18-15(16(20)8-19)11-23-9-13-2-3-13/h12-14H,1-11H2. The molecule has 1 aromatic heterocycles. The van der Waals surface area contributed by atoms with Crippen molar-refractivity contribution in [3.8, 4) is 0 Å². The van der Waals surface area contributed by atoms with E-state index in [4.69, 9.17) is 9.47 Å². The van der Waals surface area contributed by atoms with E-state index in [9.17, 15) is 4.79 Å². The van der Waals surface area contributed by atoms with Crippen molar-refractivity contribution in [2.75, 3.05) is 26.4 Å². The fraction of sp³-hybridized carbons (Fsp3) is 0.765. The van der Waals surface area contributed by atoms with Crippen LogP contribution < -0.4 is 0 Å². The van der Waals surface area contributed by atoms with Gasteiger partial charge in [-0.3, -0.25) is 4.79 Å². The first-order valence-electron chi connectivity index (χ1n) is 8.78. The summed E-state index contributed by atoms with van der Waals surface area (Å²) in [4.78, 5) is 19.2. The molecule has 3 aliphatic rings. The lowest BCUT2D eigenvalue weighted by Crippen LogP contribution is -2.36. The molecular weight excluding hydrogens is 294 g/mol.